The third kappa shape index (κ3) is 3.76. The molecule has 0 bridgehead atoms. The van der Waals surface area contributed by atoms with Gasteiger partial charge in [0.25, 0.3) is 0 Å². The molecule has 0 unspecified atom stereocenters. The van der Waals surface area contributed by atoms with Gasteiger partial charge in [-0.15, -0.1) is 28.3 Å². The second-order valence-corrected chi connectivity index (χ2v) is 5.38. The van der Waals surface area contributed by atoms with E-state index in [1.165, 1.54) is 11.3 Å². The van der Waals surface area contributed by atoms with Crippen LogP contribution in [0.3, 0.4) is 0 Å². The summed E-state index contributed by atoms with van der Waals surface area (Å²) in [6, 6.07) is 2.02. The van der Waals surface area contributed by atoms with Crippen molar-refractivity contribution in [2.75, 3.05) is 14.1 Å². The van der Waals surface area contributed by atoms with Crippen LogP contribution in [-0.4, -0.2) is 25.3 Å². The molecule has 0 aliphatic heterocycles. The quantitative estimate of drug-likeness (QED) is 0.584. The first-order valence-corrected chi connectivity index (χ1v) is 5.63. The lowest BCUT2D eigenvalue weighted by Gasteiger charge is -2.00. The molecule has 1 aromatic heterocycles. The Kier molecular flexibility index (Phi) is 6.44. The number of halogens is 3. The predicted molar refractivity (Wildman–Crippen MR) is 73.9 cm³/mol. The van der Waals surface area contributed by atoms with Crippen LogP contribution in [0.2, 0.25) is 5.02 Å². The number of nitriles is 1. The third-order valence-electron chi connectivity index (χ3n) is 1.31. The van der Waals surface area contributed by atoms with Gasteiger partial charge in [0, 0.05) is 14.1 Å². The molecule has 15 heavy (non-hydrogen) atoms. The minimum Gasteiger partial charge on any atom is -0.369 e. The lowest BCUT2D eigenvalue weighted by Crippen LogP contribution is -2.06. The fourth-order valence-electron chi connectivity index (χ4n) is 0.729. The van der Waals surface area contributed by atoms with Gasteiger partial charge in [-0.2, -0.15) is 5.26 Å². The molecule has 1 rings (SSSR count). The number of thiophene rings is 1. The Morgan fingerprint density at radius 2 is 2.20 bits per heavy atom. The highest BCUT2D eigenvalue weighted by molar-refractivity contribution is 9.11. The Morgan fingerprint density at radius 1 is 1.60 bits per heavy atom. The van der Waals surface area contributed by atoms with Crippen molar-refractivity contribution in [2.45, 2.75) is 0 Å². The number of rotatable bonds is 2. The van der Waals surface area contributed by atoms with Gasteiger partial charge in [0.05, 0.1) is 15.1 Å². The summed E-state index contributed by atoms with van der Waals surface area (Å²) in [5, 5.41) is 9.90. The van der Waals surface area contributed by atoms with Crippen LogP contribution >= 0.6 is 55.8 Å². The molecule has 82 valence electrons. The summed E-state index contributed by atoms with van der Waals surface area (Å²) in [7, 11) is 3.72. The maximum Gasteiger partial charge on any atom is 0.138 e. The molecule has 0 spiro atoms. The molecule has 3 nitrogen and oxygen atoms in total. The molecule has 0 saturated heterocycles. The third-order valence-corrected chi connectivity index (χ3v) is 3.80. The molecule has 0 amide bonds. The minimum atomic E-state index is 0. The van der Waals surface area contributed by atoms with Gasteiger partial charge in [0.2, 0.25) is 0 Å². The zero-order chi connectivity index (χ0) is 10.7. The smallest absolute Gasteiger partial charge is 0.138 e. The summed E-state index contributed by atoms with van der Waals surface area (Å²) in [4.78, 5) is 5.94. The zero-order valence-corrected chi connectivity index (χ0v) is 12.9. The standard InChI is InChI=1S/C8H7BrClN3S.BrH/c1-13(2)4-12-8-5(3-11)6(10)7(9)14-8;/h4H,1-2H3;1H/b12-4+;. The van der Waals surface area contributed by atoms with Gasteiger partial charge in [-0.3, -0.25) is 0 Å². The summed E-state index contributed by atoms with van der Waals surface area (Å²) in [5.41, 5.74) is 0.418. The fourth-order valence-corrected chi connectivity index (χ4v) is 2.40. The SMILES string of the molecule is Br.CN(C)/C=N/c1sc(Br)c(Cl)c1C#N. The van der Waals surface area contributed by atoms with Crippen molar-refractivity contribution >= 4 is 67.2 Å². The number of nitrogens with zero attached hydrogens (tertiary/aromatic N) is 3. The molecule has 7 heteroatoms. The molecule has 0 aliphatic rings. The van der Waals surface area contributed by atoms with Crippen LogP contribution in [0.15, 0.2) is 8.78 Å². The molecule has 1 aromatic rings. The summed E-state index contributed by atoms with van der Waals surface area (Å²) in [6.07, 6.45) is 1.63. The maximum absolute atomic E-state index is 8.84. The molecule has 0 fully saturated rings. The monoisotopic (exact) mass is 371 g/mol. The lowest BCUT2D eigenvalue weighted by atomic mass is 10.3. The van der Waals surface area contributed by atoms with Crippen molar-refractivity contribution in [3.05, 3.63) is 14.4 Å². The first-order valence-electron chi connectivity index (χ1n) is 3.64. The van der Waals surface area contributed by atoms with Crippen LogP contribution < -0.4 is 0 Å². The van der Waals surface area contributed by atoms with Crippen molar-refractivity contribution in [3.8, 4) is 6.07 Å². The van der Waals surface area contributed by atoms with Crippen LogP contribution in [0.1, 0.15) is 5.56 Å². The van der Waals surface area contributed by atoms with E-state index in [4.69, 9.17) is 16.9 Å². The van der Waals surface area contributed by atoms with E-state index < -0.39 is 0 Å². The predicted octanol–water partition coefficient (Wildman–Crippen LogP) is 3.83. The number of aliphatic imine (C=N–C) groups is 1. The fraction of sp³-hybridized carbons (Fsp3) is 0.250. The highest BCUT2D eigenvalue weighted by Crippen LogP contribution is 2.41. The van der Waals surface area contributed by atoms with Gasteiger partial charge in [0.15, 0.2) is 0 Å². The van der Waals surface area contributed by atoms with E-state index in [1.807, 2.05) is 20.2 Å². The highest BCUT2D eigenvalue weighted by Gasteiger charge is 2.13. The van der Waals surface area contributed by atoms with E-state index in [2.05, 4.69) is 20.9 Å². The Labute approximate surface area is 116 Å². The van der Waals surface area contributed by atoms with Crippen LogP contribution in [0.4, 0.5) is 5.00 Å². The van der Waals surface area contributed by atoms with E-state index in [0.29, 0.717) is 15.6 Å². The Balaban J connectivity index is 0.00000196. The topological polar surface area (TPSA) is 39.4 Å². The van der Waals surface area contributed by atoms with E-state index >= 15 is 0 Å². The lowest BCUT2D eigenvalue weighted by molar-refractivity contribution is 0.643. The van der Waals surface area contributed by atoms with Gasteiger partial charge in [-0.1, -0.05) is 11.6 Å². The molecule has 0 aromatic carbocycles. The molecule has 1 heterocycles. The van der Waals surface area contributed by atoms with Gasteiger partial charge in [-0.25, -0.2) is 4.99 Å². The largest absolute Gasteiger partial charge is 0.369 e. The highest BCUT2D eigenvalue weighted by atomic mass is 79.9. The molecule has 0 saturated carbocycles. The summed E-state index contributed by atoms with van der Waals surface area (Å²) in [6.45, 7) is 0. The van der Waals surface area contributed by atoms with Crippen molar-refractivity contribution < 1.29 is 0 Å². The van der Waals surface area contributed by atoms with E-state index in [0.717, 1.165) is 3.79 Å². The average Bonchev–Trinajstić information content (AvgIpc) is 2.39. The molecular formula is C8H8Br2ClN3S. The maximum atomic E-state index is 8.84. The summed E-state index contributed by atoms with van der Waals surface area (Å²) >= 11 is 10.5. The van der Waals surface area contributed by atoms with Crippen molar-refractivity contribution in [1.29, 1.82) is 5.26 Å². The van der Waals surface area contributed by atoms with Crippen molar-refractivity contribution in [2.24, 2.45) is 4.99 Å². The molecule has 0 N–H and O–H groups in total. The first kappa shape index (κ1) is 14.9. The molecule has 0 radical (unpaired) electrons. The second kappa shape index (κ2) is 6.48. The number of hydrogen-bond acceptors (Lipinski definition) is 3. The van der Waals surface area contributed by atoms with Gasteiger partial charge in [-0.05, 0) is 15.9 Å². The average molecular weight is 374 g/mol. The Morgan fingerprint density at radius 3 is 2.67 bits per heavy atom. The van der Waals surface area contributed by atoms with Crippen molar-refractivity contribution in [1.82, 2.24) is 4.90 Å². The first-order chi connectivity index (χ1) is 6.56. The van der Waals surface area contributed by atoms with Crippen LogP contribution in [0.5, 0.6) is 0 Å². The van der Waals surface area contributed by atoms with Crippen LogP contribution in [0, 0.1) is 11.3 Å². The van der Waals surface area contributed by atoms with E-state index in [-0.39, 0.29) is 17.0 Å². The summed E-state index contributed by atoms with van der Waals surface area (Å²) < 4.78 is 0.738. The minimum absolute atomic E-state index is 0. The van der Waals surface area contributed by atoms with E-state index in [1.54, 1.807) is 11.2 Å². The number of hydrogen-bond donors (Lipinski definition) is 0. The van der Waals surface area contributed by atoms with Crippen LogP contribution in [0.25, 0.3) is 0 Å². The van der Waals surface area contributed by atoms with E-state index in [9.17, 15) is 0 Å². The molecule has 0 atom stereocenters. The van der Waals surface area contributed by atoms with Crippen molar-refractivity contribution in [3.63, 3.8) is 0 Å². The normalized spacial score (nSPS) is 9.80. The molecular weight excluding hydrogens is 365 g/mol. The Bertz CT molecular complexity index is 409. The van der Waals surface area contributed by atoms with Gasteiger partial charge in [0.1, 0.15) is 16.6 Å². The van der Waals surface area contributed by atoms with Crippen LogP contribution in [-0.2, 0) is 0 Å². The summed E-state index contributed by atoms with van der Waals surface area (Å²) in [5.74, 6) is 0. The van der Waals surface area contributed by atoms with Gasteiger partial charge < -0.3 is 4.90 Å². The Hall–Kier alpha value is -0.0900. The molecule has 0 aliphatic carbocycles. The second-order valence-electron chi connectivity index (χ2n) is 2.69. The van der Waals surface area contributed by atoms with Gasteiger partial charge >= 0.3 is 0 Å². The zero-order valence-electron chi connectivity index (χ0n) is 7.99.